The summed E-state index contributed by atoms with van der Waals surface area (Å²) in [6, 6.07) is 0.405. The fourth-order valence-corrected chi connectivity index (χ4v) is 2.60. The van der Waals surface area contributed by atoms with Crippen LogP contribution in [0.15, 0.2) is 0 Å². The molecule has 1 heterocycles. The van der Waals surface area contributed by atoms with Crippen molar-refractivity contribution in [2.75, 3.05) is 13.1 Å². The zero-order chi connectivity index (χ0) is 13.8. The number of hydrogen-bond acceptors (Lipinski definition) is 3. The fourth-order valence-electron chi connectivity index (χ4n) is 2.60. The largest absolute Gasteiger partial charge is 0.481 e. The number of likely N-dealkylation sites (tertiary alicyclic amines) is 1. The molecule has 108 valence electrons. The zero-order valence-electron chi connectivity index (χ0n) is 11.4. The lowest BCUT2D eigenvalue weighted by Gasteiger charge is -2.19. The van der Waals surface area contributed by atoms with Gasteiger partial charge < -0.3 is 15.7 Å². The Morgan fingerprint density at radius 3 is 2.68 bits per heavy atom. The summed E-state index contributed by atoms with van der Waals surface area (Å²) in [7, 11) is 0. The van der Waals surface area contributed by atoms with Gasteiger partial charge in [0.1, 0.15) is 0 Å². The molecule has 3 N–H and O–H groups in total. The van der Waals surface area contributed by atoms with E-state index in [2.05, 4.69) is 15.5 Å². The number of aliphatic carboxylic acids is 1. The standard InChI is InChI=1S/C13H23N3O3/c1-2-9(7-12(17)18)14-13(19)15-10-5-6-16(8-10)11-3-4-11/h9-11H,2-8H2,1H3,(H,17,18)(H2,14,15,19). The summed E-state index contributed by atoms with van der Waals surface area (Å²) >= 11 is 0. The minimum atomic E-state index is -0.882. The number of rotatable bonds is 6. The molecule has 1 saturated heterocycles. The third-order valence-corrected chi connectivity index (χ3v) is 3.87. The van der Waals surface area contributed by atoms with E-state index < -0.39 is 5.97 Å². The number of amides is 2. The summed E-state index contributed by atoms with van der Waals surface area (Å²) in [5, 5.41) is 14.4. The van der Waals surface area contributed by atoms with Crippen molar-refractivity contribution in [3.05, 3.63) is 0 Å². The Hall–Kier alpha value is -1.30. The van der Waals surface area contributed by atoms with Crippen molar-refractivity contribution in [1.29, 1.82) is 0 Å². The number of carboxylic acid groups (broad SMARTS) is 1. The van der Waals surface area contributed by atoms with Crippen molar-refractivity contribution in [3.63, 3.8) is 0 Å². The number of urea groups is 1. The van der Waals surface area contributed by atoms with Crippen molar-refractivity contribution in [1.82, 2.24) is 15.5 Å². The monoisotopic (exact) mass is 269 g/mol. The highest BCUT2D eigenvalue weighted by atomic mass is 16.4. The lowest BCUT2D eigenvalue weighted by molar-refractivity contribution is -0.137. The van der Waals surface area contributed by atoms with Crippen LogP contribution >= 0.6 is 0 Å². The molecule has 19 heavy (non-hydrogen) atoms. The molecular weight excluding hydrogens is 246 g/mol. The van der Waals surface area contributed by atoms with Crippen molar-refractivity contribution in [3.8, 4) is 0 Å². The molecule has 2 amide bonds. The van der Waals surface area contributed by atoms with E-state index in [1.165, 1.54) is 12.8 Å². The van der Waals surface area contributed by atoms with Gasteiger partial charge in [0.05, 0.1) is 6.42 Å². The van der Waals surface area contributed by atoms with Crippen LogP contribution < -0.4 is 10.6 Å². The number of hydrogen-bond donors (Lipinski definition) is 3. The van der Waals surface area contributed by atoms with Gasteiger partial charge in [-0.05, 0) is 25.7 Å². The maximum Gasteiger partial charge on any atom is 0.315 e. The van der Waals surface area contributed by atoms with Crippen LogP contribution in [0.25, 0.3) is 0 Å². The van der Waals surface area contributed by atoms with Crippen molar-refractivity contribution in [2.45, 2.75) is 57.2 Å². The second-order valence-corrected chi connectivity index (χ2v) is 5.53. The zero-order valence-corrected chi connectivity index (χ0v) is 11.4. The average molecular weight is 269 g/mol. The van der Waals surface area contributed by atoms with Crippen LogP contribution in [0.4, 0.5) is 4.79 Å². The van der Waals surface area contributed by atoms with E-state index in [0.29, 0.717) is 6.42 Å². The lowest BCUT2D eigenvalue weighted by atomic mass is 10.1. The molecular formula is C13H23N3O3. The fraction of sp³-hybridized carbons (Fsp3) is 0.846. The molecule has 2 rings (SSSR count). The lowest BCUT2D eigenvalue weighted by Crippen LogP contribution is -2.47. The minimum absolute atomic E-state index is 0.0250. The molecule has 0 radical (unpaired) electrons. The SMILES string of the molecule is CCC(CC(=O)O)NC(=O)NC1CCN(C2CC2)C1. The Labute approximate surface area is 113 Å². The third-order valence-electron chi connectivity index (χ3n) is 3.87. The quantitative estimate of drug-likeness (QED) is 0.665. The van der Waals surface area contributed by atoms with Crippen LogP contribution in [-0.2, 0) is 4.79 Å². The molecule has 6 nitrogen and oxygen atoms in total. The second-order valence-electron chi connectivity index (χ2n) is 5.53. The molecule has 0 aromatic carbocycles. The normalized spacial score (nSPS) is 25.0. The van der Waals surface area contributed by atoms with Gasteiger partial charge in [0.15, 0.2) is 0 Å². The maximum absolute atomic E-state index is 11.8. The molecule has 2 fully saturated rings. The Bertz CT molecular complexity index is 344. The van der Waals surface area contributed by atoms with Gasteiger partial charge in [0, 0.05) is 31.2 Å². The van der Waals surface area contributed by atoms with Gasteiger partial charge in [-0.2, -0.15) is 0 Å². The van der Waals surface area contributed by atoms with E-state index in [-0.39, 0.29) is 24.5 Å². The maximum atomic E-state index is 11.8. The molecule has 0 spiro atoms. The molecule has 0 aromatic heterocycles. The van der Waals surface area contributed by atoms with E-state index in [9.17, 15) is 9.59 Å². The van der Waals surface area contributed by atoms with E-state index in [0.717, 1.165) is 25.6 Å². The number of nitrogens with zero attached hydrogens (tertiary/aromatic N) is 1. The van der Waals surface area contributed by atoms with Crippen LogP contribution in [0.5, 0.6) is 0 Å². The summed E-state index contributed by atoms with van der Waals surface area (Å²) in [5.74, 6) is -0.882. The Morgan fingerprint density at radius 2 is 2.11 bits per heavy atom. The van der Waals surface area contributed by atoms with E-state index in [4.69, 9.17) is 5.11 Å². The predicted molar refractivity (Wildman–Crippen MR) is 71.0 cm³/mol. The molecule has 0 aromatic rings. The highest BCUT2D eigenvalue weighted by Gasteiger charge is 2.34. The smallest absolute Gasteiger partial charge is 0.315 e. The van der Waals surface area contributed by atoms with Gasteiger partial charge in [-0.15, -0.1) is 0 Å². The van der Waals surface area contributed by atoms with E-state index in [1.54, 1.807) is 0 Å². The summed E-state index contributed by atoms with van der Waals surface area (Å²) in [6.45, 7) is 3.86. The molecule has 1 saturated carbocycles. The average Bonchev–Trinajstić information content (AvgIpc) is 3.09. The van der Waals surface area contributed by atoms with E-state index in [1.807, 2.05) is 6.92 Å². The van der Waals surface area contributed by atoms with Crippen LogP contribution in [0, 0.1) is 0 Å². The summed E-state index contributed by atoms with van der Waals surface area (Å²) < 4.78 is 0. The first-order valence-electron chi connectivity index (χ1n) is 7.11. The minimum Gasteiger partial charge on any atom is -0.481 e. The number of carboxylic acids is 1. The van der Waals surface area contributed by atoms with Crippen LogP contribution in [0.1, 0.15) is 39.0 Å². The van der Waals surface area contributed by atoms with E-state index >= 15 is 0 Å². The van der Waals surface area contributed by atoms with Gasteiger partial charge >= 0.3 is 12.0 Å². The predicted octanol–water partition coefficient (Wildman–Crippen LogP) is 0.776. The first-order chi connectivity index (χ1) is 9.08. The molecule has 1 aliphatic heterocycles. The molecule has 0 bridgehead atoms. The van der Waals surface area contributed by atoms with Gasteiger partial charge in [-0.25, -0.2) is 4.79 Å². The Balaban J connectivity index is 1.70. The van der Waals surface area contributed by atoms with Gasteiger partial charge in [-0.3, -0.25) is 9.69 Å². The Morgan fingerprint density at radius 1 is 1.37 bits per heavy atom. The van der Waals surface area contributed by atoms with Gasteiger partial charge in [0.2, 0.25) is 0 Å². The molecule has 1 aliphatic carbocycles. The van der Waals surface area contributed by atoms with Crippen LogP contribution in [0.3, 0.4) is 0 Å². The van der Waals surface area contributed by atoms with Crippen molar-refractivity contribution >= 4 is 12.0 Å². The Kier molecular flexibility index (Phi) is 4.63. The van der Waals surface area contributed by atoms with Crippen molar-refractivity contribution < 1.29 is 14.7 Å². The topological polar surface area (TPSA) is 81.7 Å². The van der Waals surface area contributed by atoms with Crippen LogP contribution in [-0.4, -0.2) is 53.2 Å². The molecule has 2 unspecified atom stereocenters. The molecule has 2 aliphatic rings. The first kappa shape index (κ1) is 14.1. The summed E-state index contributed by atoms with van der Waals surface area (Å²) in [6.07, 6.45) is 4.16. The highest BCUT2D eigenvalue weighted by molar-refractivity contribution is 5.76. The van der Waals surface area contributed by atoms with Crippen molar-refractivity contribution in [2.24, 2.45) is 0 Å². The number of carbonyl (C=O) groups excluding carboxylic acids is 1. The van der Waals surface area contributed by atoms with Gasteiger partial charge in [0.25, 0.3) is 0 Å². The summed E-state index contributed by atoms with van der Waals surface area (Å²) in [4.78, 5) is 24.9. The second kappa shape index (κ2) is 6.23. The molecule has 2 atom stereocenters. The number of carbonyl (C=O) groups is 2. The van der Waals surface area contributed by atoms with Crippen LogP contribution in [0.2, 0.25) is 0 Å². The third kappa shape index (κ3) is 4.38. The summed E-state index contributed by atoms with van der Waals surface area (Å²) in [5.41, 5.74) is 0. The molecule has 6 heteroatoms. The van der Waals surface area contributed by atoms with Gasteiger partial charge in [-0.1, -0.05) is 6.92 Å². The number of nitrogens with one attached hydrogen (secondary N) is 2. The highest BCUT2D eigenvalue weighted by Crippen LogP contribution is 2.29. The first-order valence-corrected chi connectivity index (χ1v) is 7.11.